The SMILES string of the molecule is O=C(Cn1cc(C(=O)N2C[C@H]3CNC[C@H]3C2)cn1)NC1CCCCC1. The van der Waals surface area contributed by atoms with Gasteiger partial charge in [0.1, 0.15) is 6.54 Å². The van der Waals surface area contributed by atoms with Gasteiger partial charge >= 0.3 is 0 Å². The number of aromatic nitrogens is 2. The summed E-state index contributed by atoms with van der Waals surface area (Å²) < 4.78 is 1.57. The van der Waals surface area contributed by atoms with Crippen LogP contribution in [0.4, 0.5) is 0 Å². The third kappa shape index (κ3) is 3.71. The van der Waals surface area contributed by atoms with Crippen LogP contribution in [0.2, 0.25) is 0 Å². The van der Waals surface area contributed by atoms with Gasteiger partial charge in [-0.15, -0.1) is 0 Å². The molecule has 0 radical (unpaired) electrons. The lowest BCUT2D eigenvalue weighted by Crippen LogP contribution is -2.38. The zero-order valence-electron chi connectivity index (χ0n) is 14.6. The first-order valence-electron chi connectivity index (χ1n) is 9.51. The van der Waals surface area contributed by atoms with Gasteiger partial charge in [-0.3, -0.25) is 14.3 Å². The van der Waals surface area contributed by atoms with Gasteiger partial charge in [-0.05, 0) is 24.7 Å². The lowest BCUT2D eigenvalue weighted by molar-refractivity contribution is -0.122. The molecule has 1 aliphatic carbocycles. The molecule has 0 aromatic carbocycles. The average molecular weight is 345 g/mol. The van der Waals surface area contributed by atoms with Crippen LogP contribution in [-0.2, 0) is 11.3 Å². The first-order valence-corrected chi connectivity index (χ1v) is 9.51. The highest BCUT2D eigenvalue weighted by Gasteiger charge is 2.38. The molecule has 1 saturated carbocycles. The maximum absolute atomic E-state index is 12.6. The van der Waals surface area contributed by atoms with Gasteiger partial charge in [0.05, 0.1) is 11.8 Å². The number of fused-ring (bicyclic) bond motifs is 1. The zero-order chi connectivity index (χ0) is 17.2. The van der Waals surface area contributed by atoms with E-state index in [-0.39, 0.29) is 18.4 Å². The molecule has 2 aliphatic heterocycles. The molecule has 2 atom stereocenters. The summed E-state index contributed by atoms with van der Waals surface area (Å²) in [4.78, 5) is 26.8. The van der Waals surface area contributed by atoms with E-state index in [4.69, 9.17) is 0 Å². The van der Waals surface area contributed by atoms with Crippen LogP contribution in [-0.4, -0.2) is 58.7 Å². The summed E-state index contributed by atoms with van der Waals surface area (Å²) in [5.41, 5.74) is 0.582. The molecule has 7 heteroatoms. The number of nitrogens with zero attached hydrogens (tertiary/aromatic N) is 3. The fourth-order valence-electron chi connectivity index (χ4n) is 4.43. The summed E-state index contributed by atoms with van der Waals surface area (Å²) in [6, 6.07) is 0.301. The Kier molecular flexibility index (Phi) is 4.74. The minimum absolute atomic E-state index is 0.0178. The molecule has 2 saturated heterocycles. The van der Waals surface area contributed by atoms with E-state index < -0.39 is 0 Å². The molecular formula is C18H27N5O2. The molecule has 1 aromatic heterocycles. The van der Waals surface area contributed by atoms with Crippen molar-refractivity contribution in [1.29, 1.82) is 0 Å². The predicted molar refractivity (Wildman–Crippen MR) is 93.0 cm³/mol. The minimum Gasteiger partial charge on any atom is -0.352 e. The van der Waals surface area contributed by atoms with E-state index in [1.165, 1.54) is 19.3 Å². The maximum Gasteiger partial charge on any atom is 0.257 e. The van der Waals surface area contributed by atoms with Crippen LogP contribution in [0.1, 0.15) is 42.5 Å². The van der Waals surface area contributed by atoms with Gasteiger partial charge in [-0.25, -0.2) is 0 Å². The third-order valence-electron chi connectivity index (χ3n) is 5.83. The van der Waals surface area contributed by atoms with Crippen LogP contribution in [0.3, 0.4) is 0 Å². The fourth-order valence-corrected chi connectivity index (χ4v) is 4.43. The van der Waals surface area contributed by atoms with Gasteiger partial charge in [0.25, 0.3) is 5.91 Å². The van der Waals surface area contributed by atoms with E-state index in [0.29, 0.717) is 23.4 Å². The number of nitrogens with one attached hydrogen (secondary N) is 2. The highest BCUT2D eigenvalue weighted by Crippen LogP contribution is 2.27. The average Bonchev–Trinajstić information content (AvgIpc) is 3.30. The normalized spacial score (nSPS) is 26.6. The Bertz CT molecular complexity index is 625. The molecule has 3 aliphatic rings. The van der Waals surface area contributed by atoms with Crippen molar-refractivity contribution in [1.82, 2.24) is 25.3 Å². The summed E-state index contributed by atoms with van der Waals surface area (Å²) >= 11 is 0. The largest absolute Gasteiger partial charge is 0.352 e. The van der Waals surface area contributed by atoms with Crippen LogP contribution < -0.4 is 10.6 Å². The van der Waals surface area contributed by atoms with Crippen molar-refractivity contribution in [2.24, 2.45) is 11.8 Å². The maximum atomic E-state index is 12.6. The van der Waals surface area contributed by atoms with Crippen LogP contribution in [0.5, 0.6) is 0 Å². The second-order valence-corrected chi connectivity index (χ2v) is 7.72. The third-order valence-corrected chi connectivity index (χ3v) is 5.83. The number of carbonyl (C=O) groups is 2. The molecule has 0 bridgehead atoms. The molecule has 0 unspecified atom stereocenters. The first kappa shape index (κ1) is 16.6. The molecular weight excluding hydrogens is 318 g/mol. The monoisotopic (exact) mass is 345 g/mol. The van der Waals surface area contributed by atoms with Gasteiger partial charge < -0.3 is 15.5 Å². The van der Waals surface area contributed by atoms with Crippen LogP contribution in [0.15, 0.2) is 12.4 Å². The summed E-state index contributed by atoms with van der Waals surface area (Å²) in [7, 11) is 0. The first-order chi connectivity index (χ1) is 12.2. The smallest absolute Gasteiger partial charge is 0.257 e. The van der Waals surface area contributed by atoms with Gasteiger partial charge in [-0.2, -0.15) is 5.10 Å². The Labute approximate surface area is 148 Å². The topological polar surface area (TPSA) is 79.3 Å². The Morgan fingerprint density at radius 1 is 1.16 bits per heavy atom. The highest BCUT2D eigenvalue weighted by atomic mass is 16.2. The van der Waals surface area contributed by atoms with Crippen molar-refractivity contribution in [3.8, 4) is 0 Å². The van der Waals surface area contributed by atoms with Crippen LogP contribution >= 0.6 is 0 Å². The molecule has 2 N–H and O–H groups in total. The second kappa shape index (κ2) is 7.15. The van der Waals surface area contributed by atoms with E-state index in [1.54, 1.807) is 17.1 Å². The Morgan fingerprint density at radius 2 is 1.88 bits per heavy atom. The molecule has 1 aromatic rings. The van der Waals surface area contributed by atoms with E-state index in [1.807, 2.05) is 4.90 Å². The second-order valence-electron chi connectivity index (χ2n) is 7.72. The zero-order valence-corrected chi connectivity index (χ0v) is 14.6. The van der Waals surface area contributed by atoms with Crippen molar-refractivity contribution in [2.45, 2.75) is 44.7 Å². The van der Waals surface area contributed by atoms with Crippen molar-refractivity contribution in [3.63, 3.8) is 0 Å². The van der Waals surface area contributed by atoms with Crippen molar-refractivity contribution in [2.75, 3.05) is 26.2 Å². The summed E-state index contributed by atoms with van der Waals surface area (Å²) in [6.07, 6.45) is 9.09. The van der Waals surface area contributed by atoms with Crippen molar-refractivity contribution < 1.29 is 9.59 Å². The number of likely N-dealkylation sites (tertiary alicyclic amines) is 1. The number of hydrogen-bond acceptors (Lipinski definition) is 4. The van der Waals surface area contributed by atoms with Crippen LogP contribution in [0.25, 0.3) is 0 Å². The van der Waals surface area contributed by atoms with Gasteiger partial charge in [-0.1, -0.05) is 19.3 Å². The molecule has 3 fully saturated rings. The standard InChI is InChI=1S/C18H27N5O2/c24-17(21-16-4-2-1-3-5-16)12-23-11-15(8-20-23)18(25)22-9-13-6-19-7-14(13)10-22/h8,11,13-14,16,19H,1-7,9-10,12H2,(H,21,24)/t13-,14+. The molecule has 2 amide bonds. The molecule has 7 nitrogen and oxygen atoms in total. The predicted octanol–water partition coefficient (Wildman–Crippen LogP) is 0.623. The van der Waals surface area contributed by atoms with Crippen LogP contribution in [0, 0.1) is 11.8 Å². The quantitative estimate of drug-likeness (QED) is 0.839. The van der Waals surface area contributed by atoms with Crippen molar-refractivity contribution >= 4 is 11.8 Å². The number of amides is 2. The van der Waals surface area contributed by atoms with Gasteiger partial charge in [0.15, 0.2) is 0 Å². The Morgan fingerprint density at radius 3 is 2.60 bits per heavy atom. The Balaban J connectivity index is 1.30. The number of rotatable bonds is 4. The summed E-state index contributed by atoms with van der Waals surface area (Å²) in [5, 5.41) is 10.7. The van der Waals surface area contributed by atoms with E-state index >= 15 is 0 Å². The van der Waals surface area contributed by atoms with E-state index in [0.717, 1.165) is 39.0 Å². The van der Waals surface area contributed by atoms with Crippen molar-refractivity contribution in [3.05, 3.63) is 18.0 Å². The molecule has 4 rings (SSSR count). The molecule has 3 heterocycles. The molecule has 0 spiro atoms. The summed E-state index contributed by atoms with van der Waals surface area (Å²) in [5.74, 6) is 1.18. The van der Waals surface area contributed by atoms with Gasteiger partial charge in [0.2, 0.25) is 5.91 Å². The van der Waals surface area contributed by atoms with E-state index in [9.17, 15) is 9.59 Å². The van der Waals surface area contributed by atoms with E-state index in [2.05, 4.69) is 15.7 Å². The summed E-state index contributed by atoms with van der Waals surface area (Å²) in [6.45, 7) is 3.84. The fraction of sp³-hybridized carbons (Fsp3) is 0.722. The lowest BCUT2D eigenvalue weighted by atomic mass is 9.95. The minimum atomic E-state index is -0.0178. The lowest BCUT2D eigenvalue weighted by Gasteiger charge is -2.22. The highest BCUT2D eigenvalue weighted by molar-refractivity contribution is 5.94. The van der Waals surface area contributed by atoms with Gasteiger partial charge in [0, 0.05) is 38.4 Å². The Hall–Kier alpha value is -1.89. The molecule has 25 heavy (non-hydrogen) atoms. The number of hydrogen-bond donors (Lipinski definition) is 2. The number of carbonyl (C=O) groups excluding carboxylic acids is 2. The molecule has 136 valence electrons.